The predicted molar refractivity (Wildman–Crippen MR) is 111 cm³/mol. The highest BCUT2D eigenvalue weighted by molar-refractivity contribution is 5.93. The molecule has 1 N–H and O–H groups in total. The highest BCUT2D eigenvalue weighted by atomic mass is 16.7. The van der Waals surface area contributed by atoms with Crippen LogP contribution in [0.4, 0.5) is 4.79 Å². The lowest BCUT2D eigenvalue weighted by molar-refractivity contribution is -0.125. The number of benzene rings is 2. The number of likely N-dealkylation sites (N-methyl/N-ethyl adjacent to an activating group) is 1. The van der Waals surface area contributed by atoms with Crippen LogP contribution in [0.1, 0.15) is 15.9 Å². The van der Waals surface area contributed by atoms with Crippen molar-refractivity contribution in [2.24, 2.45) is 0 Å². The van der Waals surface area contributed by atoms with E-state index in [9.17, 15) is 14.4 Å². The van der Waals surface area contributed by atoms with E-state index < -0.39 is 18.0 Å². The Morgan fingerprint density at radius 2 is 1.60 bits per heavy atom. The van der Waals surface area contributed by atoms with Crippen LogP contribution < -0.4 is 10.2 Å². The fourth-order valence-corrected chi connectivity index (χ4v) is 2.79. The normalized spacial score (nSPS) is 14.4. The van der Waals surface area contributed by atoms with Crippen LogP contribution in [0.25, 0.3) is 6.08 Å². The number of nitrogens with one attached hydrogen (secondary N) is 1. The molecule has 0 atom stereocenters. The van der Waals surface area contributed by atoms with Crippen LogP contribution in [0, 0.1) is 0 Å². The van der Waals surface area contributed by atoms with Crippen LogP contribution in [0.3, 0.4) is 0 Å². The molecule has 8 nitrogen and oxygen atoms in total. The number of carbonyl (C=O) groups is 3. The number of para-hydroxylation sites is 1. The van der Waals surface area contributed by atoms with Gasteiger partial charge in [-0.15, -0.1) is 0 Å². The maximum absolute atomic E-state index is 12.3. The van der Waals surface area contributed by atoms with E-state index in [-0.39, 0.29) is 0 Å². The standard InChI is InChI=1S/C22H23N3O5/c1-24-13-15-25(16-14-24)22(28)30-23-20(26)12-11-17-7-5-6-10-19(17)29-21(27)18-8-3-2-4-9-18/h2-12H,13-16H2,1H3,(H,23,26)/b12-11+. The molecule has 2 amide bonds. The summed E-state index contributed by atoms with van der Waals surface area (Å²) in [5, 5.41) is 0. The molecule has 0 aliphatic carbocycles. The minimum atomic E-state index is -0.610. The summed E-state index contributed by atoms with van der Waals surface area (Å²) >= 11 is 0. The average molecular weight is 409 g/mol. The Labute approximate surface area is 174 Å². The third-order valence-electron chi connectivity index (χ3n) is 4.55. The zero-order valence-corrected chi connectivity index (χ0v) is 16.6. The second-order valence-corrected chi connectivity index (χ2v) is 6.75. The van der Waals surface area contributed by atoms with Gasteiger partial charge in [0, 0.05) is 37.8 Å². The van der Waals surface area contributed by atoms with Crippen molar-refractivity contribution in [1.82, 2.24) is 15.3 Å². The number of piperazine rings is 1. The molecule has 0 bridgehead atoms. The third kappa shape index (κ3) is 5.92. The number of ether oxygens (including phenoxy) is 1. The number of esters is 1. The van der Waals surface area contributed by atoms with Crippen LogP contribution in [0.2, 0.25) is 0 Å². The monoisotopic (exact) mass is 409 g/mol. The lowest BCUT2D eigenvalue weighted by Crippen LogP contribution is -2.48. The highest BCUT2D eigenvalue weighted by Crippen LogP contribution is 2.20. The van der Waals surface area contributed by atoms with Crippen molar-refractivity contribution in [3.05, 3.63) is 71.8 Å². The summed E-state index contributed by atoms with van der Waals surface area (Å²) in [7, 11) is 1.98. The van der Waals surface area contributed by atoms with Crippen LogP contribution >= 0.6 is 0 Å². The van der Waals surface area contributed by atoms with E-state index in [4.69, 9.17) is 9.57 Å². The minimum absolute atomic E-state index is 0.310. The van der Waals surface area contributed by atoms with Gasteiger partial charge in [-0.1, -0.05) is 36.4 Å². The lowest BCUT2D eigenvalue weighted by atomic mass is 10.2. The van der Waals surface area contributed by atoms with Crippen LogP contribution in [-0.2, 0) is 9.63 Å². The Bertz CT molecular complexity index is 921. The number of hydrogen-bond acceptors (Lipinski definition) is 6. The Morgan fingerprint density at radius 1 is 0.933 bits per heavy atom. The van der Waals surface area contributed by atoms with Crippen LogP contribution in [0.5, 0.6) is 5.75 Å². The Morgan fingerprint density at radius 3 is 2.33 bits per heavy atom. The maximum Gasteiger partial charge on any atom is 0.434 e. The first-order valence-electron chi connectivity index (χ1n) is 9.51. The van der Waals surface area contributed by atoms with Crippen LogP contribution in [-0.4, -0.2) is 61.0 Å². The van der Waals surface area contributed by atoms with Gasteiger partial charge in [0.2, 0.25) is 0 Å². The van der Waals surface area contributed by atoms with Crippen molar-refractivity contribution in [3.63, 3.8) is 0 Å². The van der Waals surface area contributed by atoms with E-state index in [1.54, 1.807) is 48.5 Å². The summed E-state index contributed by atoms with van der Waals surface area (Å²) in [5.41, 5.74) is 3.06. The highest BCUT2D eigenvalue weighted by Gasteiger charge is 2.20. The molecule has 2 aromatic rings. The molecule has 30 heavy (non-hydrogen) atoms. The molecule has 1 aliphatic rings. The first kappa shape index (κ1) is 21.1. The molecule has 8 heteroatoms. The number of hydroxylamine groups is 1. The van der Waals surface area contributed by atoms with E-state index in [0.717, 1.165) is 13.1 Å². The topological polar surface area (TPSA) is 88.2 Å². The van der Waals surface area contributed by atoms with Gasteiger partial charge in [-0.3, -0.25) is 4.79 Å². The Kier molecular flexibility index (Phi) is 7.18. The first-order valence-corrected chi connectivity index (χ1v) is 9.51. The van der Waals surface area contributed by atoms with Crippen molar-refractivity contribution >= 4 is 24.0 Å². The molecule has 3 rings (SSSR count). The number of amides is 2. The summed E-state index contributed by atoms with van der Waals surface area (Å²) < 4.78 is 5.43. The zero-order valence-electron chi connectivity index (χ0n) is 16.6. The van der Waals surface area contributed by atoms with E-state index >= 15 is 0 Å². The molecule has 156 valence electrons. The number of carbonyl (C=O) groups excluding carboxylic acids is 3. The second-order valence-electron chi connectivity index (χ2n) is 6.75. The molecule has 0 spiro atoms. The number of nitrogens with zero attached hydrogens (tertiary/aromatic N) is 2. The molecular weight excluding hydrogens is 386 g/mol. The van der Waals surface area contributed by atoms with Crippen molar-refractivity contribution in [2.45, 2.75) is 0 Å². The summed E-state index contributed by atoms with van der Waals surface area (Å²) in [4.78, 5) is 44.7. The summed E-state index contributed by atoms with van der Waals surface area (Å²) in [6.07, 6.45) is 2.08. The van der Waals surface area contributed by atoms with Gasteiger partial charge in [0.1, 0.15) is 5.75 Å². The van der Waals surface area contributed by atoms with Gasteiger partial charge in [-0.2, -0.15) is 5.48 Å². The second kappa shape index (κ2) is 10.2. The number of rotatable bonds is 4. The molecule has 1 aliphatic heterocycles. The predicted octanol–water partition coefficient (Wildman–Crippen LogP) is 2.33. The smallest absolute Gasteiger partial charge is 0.422 e. The van der Waals surface area contributed by atoms with Gasteiger partial charge in [-0.05, 0) is 31.3 Å². The van der Waals surface area contributed by atoms with Crippen molar-refractivity contribution in [3.8, 4) is 5.75 Å². The molecule has 0 radical (unpaired) electrons. The zero-order chi connectivity index (χ0) is 21.3. The van der Waals surface area contributed by atoms with Gasteiger partial charge >= 0.3 is 12.1 Å². The average Bonchev–Trinajstić information content (AvgIpc) is 2.78. The Balaban J connectivity index is 1.55. The van der Waals surface area contributed by atoms with Gasteiger partial charge in [0.15, 0.2) is 0 Å². The lowest BCUT2D eigenvalue weighted by Gasteiger charge is -2.31. The molecular formula is C22H23N3O5. The van der Waals surface area contributed by atoms with E-state index in [1.165, 1.54) is 17.1 Å². The van der Waals surface area contributed by atoms with E-state index in [1.807, 2.05) is 13.1 Å². The van der Waals surface area contributed by atoms with Gasteiger partial charge in [0.25, 0.3) is 5.91 Å². The third-order valence-corrected chi connectivity index (χ3v) is 4.55. The first-order chi connectivity index (χ1) is 14.5. The maximum atomic E-state index is 12.3. The molecule has 1 fully saturated rings. The van der Waals surface area contributed by atoms with Gasteiger partial charge in [-0.25, -0.2) is 9.59 Å². The van der Waals surface area contributed by atoms with Gasteiger partial charge < -0.3 is 19.4 Å². The van der Waals surface area contributed by atoms with Crippen molar-refractivity contribution in [1.29, 1.82) is 0 Å². The summed E-state index contributed by atoms with van der Waals surface area (Å²) in [6.45, 7) is 2.59. The fraction of sp³-hybridized carbons (Fsp3) is 0.227. The van der Waals surface area contributed by atoms with Crippen LogP contribution in [0.15, 0.2) is 60.7 Å². The van der Waals surface area contributed by atoms with E-state index in [2.05, 4.69) is 10.4 Å². The molecule has 0 unspecified atom stereocenters. The fourth-order valence-electron chi connectivity index (χ4n) is 2.79. The summed E-state index contributed by atoms with van der Waals surface area (Å²) in [6, 6.07) is 15.4. The summed E-state index contributed by atoms with van der Waals surface area (Å²) in [5.74, 6) is -0.798. The quantitative estimate of drug-likeness (QED) is 0.361. The van der Waals surface area contributed by atoms with Gasteiger partial charge in [0.05, 0.1) is 5.56 Å². The molecule has 1 heterocycles. The van der Waals surface area contributed by atoms with Crippen molar-refractivity contribution < 1.29 is 24.0 Å². The van der Waals surface area contributed by atoms with E-state index in [0.29, 0.717) is 30.0 Å². The molecule has 1 saturated heterocycles. The Hall–Kier alpha value is -3.65. The molecule has 0 aromatic heterocycles. The molecule has 0 saturated carbocycles. The largest absolute Gasteiger partial charge is 0.434 e. The number of hydrogen-bond donors (Lipinski definition) is 1. The van der Waals surface area contributed by atoms with Crippen molar-refractivity contribution in [2.75, 3.05) is 33.2 Å². The molecule has 2 aromatic carbocycles. The minimum Gasteiger partial charge on any atom is -0.422 e. The SMILES string of the molecule is CN1CCN(C(=O)ONC(=O)/C=C/c2ccccc2OC(=O)c2ccccc2)CC1.